The number of phenols is 1. The molecule has 32 heavy (non-hydrogen) atoms. The third-order valence-corrected chi connectivity index (χ3v) is 6.03. The summed E-state index contributed by atoms with van der Waals surface area (Å²) in [5, 5.41) is 32.0. The van der Waals surface area contributed by atoms with Crippen molar-refractivity contribution >= 4 is 67.3 Å². The minimum absolute atomic E-state index is 0.0658. The number of furan rings is 1. The molecule has 9 nitrogen and oxygen atoms in total. The second-order valence-corrected chi connectivity index (χ2v) is 8.63. The Labute approximate surface area is 200 Å². The highest BCUT2D eigenvalue weighted by Gasteiger charge is 2.32. The predicted octanol–water partition coefficient (Wildman–Crippen LogP) is 6.41. The SMILES string of the molecule is N=C(c1oc2c([N+](=O)[O-])cc(Br)c(O)c2c1Cl)N(OC1CCCCO1)c1cccc(Cl)c1. The number of nitro benzene ring substituents is 1. The first-order valence-electron chi connectivity index (χ1n) is 9.48. The molecule has 1 aromatic heterocycles. The Balaban J connectivity index is 1.83. The van der Waals surface area contributed by atoms with Crippen LogP contribution in [-0.2, 0) is 9.57 Å². The Morgan fingerprint density at radius 2 is 2.12 bits per heavy atom. The number of anilines is 1. The highest BCUT2D eigenvalue weighted by atomic mass is 79.9. The van der Waals surface area contributed by atoms with Gasteiger partial charge < -0.3 is 14.3 Å². The highest BCUT2D eigenvalue weighted by molar-refractivity contribution is 9.10. The monoisotopic (exact) mass is 543 g/mol. The zero-order chi connectivity index (χ0) is 23.0. The van der Waals surface area contributed by atoms with Crippen LogP contribution in [0.3, 0.4) is 0 Å². The molecule has 0 bridgehead atoms. The van der Waals surface area contributed by atoms with Crippen molar-refractivity contribution in [3.63, 3.8) is 0 Å². The van der Waals surface area contributed by atoms with E-state index in [1.165, 1.54) is 0 Å². The van der Waals surface area contributed by atoms with Crippen LogP contribution >= 0.6 is 39.1 Å². The van der Waals surface area contributed by atoms with Crippen LogP contribution in [0.15, 0.2) is 39.2 Å². The van der Waals surface area contributed by atoms with Crippen molar-refractivity contribution in [2.75, 3.05) is 11.7 Å². The minimum atomic E-state index is -0.666. The predicted molar refractivity (Wildman–Crippen MR) is 123 cm³/mol. The van der Waals surface area contributed by atoms with Gasteiger partial charge in [0.05, 0.1) is 20.5 Å². The molecule has 2 aromatic carbocycles. The zero-order valence-corrected chi connectivity index (χ0v) is 19.4. The fourth-order valence-electron chi connectivity index (χ4n) is 3.31. The molecule has 0 spiro atoms. The van der Waals surface area contributed by atoms with Crippen molar-refractivity contribution in [1.82, 2.24) is 0 Å². The third-order valence-electron chi connectivity index (χ3n) is 4.83. The van der Waals surface area contributed by atoms with E-state index in [4.69, 9.17) is 42.6 Å². The number of non-ortho nitro benzene ring substituents is 1. The molecule has 12 heteroatoms. The number of benzene rings is 2. The third kappa shape index (κ3) is 4.28. The topological polar surface area (TPSA) is 122 Å². The summed E-state index contributed by atoms with van der Waals surface area (Å²) in [6.07, 6.45) is 1.78. The van der Waals surface area contributed by atoms with Gasteiger partial charge in [-0.2, -0.15) is 5.06 Å². The van der Waals surface area contributed by atoms with Crippen LogP contribution in [0, 0.1) is 15.5 Å². The van der Waals surface area contributed by atoms with E-state index >= 15 is 0 Å². The number of nitrogens with zero attached hydrogens (tertiary/aromatic N) is 2. The standard InChI is InChI=1S/C20H16BrCl2N3O6/c21-12-9-13(26(28)29)18-15(17(12)27)16(23)19(31-18)20(24)25(11-5-3-4-10(22)8-11)32-14-6-1-2-7-30-14/h3-5,8-9,14,24,27H,1-2,6-7H2. The van der Waals surface area contributed by atoms with Crippen LogP contribution in [0.2, 0.25) is 10.0 Å². The molecule has 168 valence electrons. The van der Waals surface area contributed by atoms with Gasteiger partial charge in [0.2, 0.25) is 5.58 Å². The molecular weight excluding hydrogens is 529 g/mol. The van der Waals surface area contributed by atoms with E-state index in [0.29, 0.717) is 23.7 Å². The fraction of sp³-hybridized carbons (Fsp3) is 0.250. The average molecular weight is 545 g/mol. The summed E-state index contributed by atoms with van der Waals surface area (Å²) in [6, 6.07) is 7.68. The van der Waals surface area contributed by atoms with E-state index in [-0.39, 0.29) is 37.8 Å². The van der Waals surface area contributed by atoms with Gasteiger partial charge in [0.25, 0.3) is 0 Å². The first-order chi connectivity index (χ1) is 15.3. The maximum Gasteiger partial charge on any atom is 0.313 e. The maximum absolute atomic E-state index is 11.5. The fourth-order valence-corrected chi connectivity index (χ4v) is 4.22. The van der Waals surface area contributed by atoms with Gasteiger partial charge >= 0.3 is 5.69 Å². The van der Waals surface area contributed by atoms with Crippen molar-refractivity contribution < 1.29 is 24.0 Å². The van der Waals surface area contributed by atoms with Gasteiger partial charge in [-0.3, -0.25) is 15.5 Å². The van der Waals surface area contributed by atoms with E-state index in [1.807, 2.05) is 0 Å². The number of nitro groups is 1. The quantitative estimate of drug-likeness (QED) is 0.165. The van der Waals surface area contributed by atoms with E-state index in [1.54, 1.807) is 24.3 Å². The molecule has 1 atom stereocenters. The molecular formula is C20H16BrCl2N3O6. The van der Waals surface area contributed by atoms with Gasteiger partial charge in [-0.15, -0.1) is 0 Å². The van der Waals surface area contributed by atoms with Gasteiger partial charge in [-0.25, -0.2) is 4.84 Å². The van der Waals surface area contributed by atoms with Crippen LogP contribution in [0.25, 0.3) is 11.0 Å². The lowest BCUT2D eigenvalue weighted by atomic mass is 10.2. The van der Waals surface area contributed by atoms with Gasteiger partial charge in [0, 0.05) is 24.1 Å². The molecule has 1 saturated heterocycles. The second kappa shape index (κ2) is 9.24. The van der Waals surface area contributed by atoms with Gasteiger partial charge in [-0.1, -0.05) is 29.3 Å². The van der Waals surface area contributed by atoms with Crippen molar-refractivity contribution in [2.24, 2.45) is 0 Å². The lowest BCUT2D eigenvalue weighted by Gasteiger charge is -2.30. The van der Waals surface area contributed by atoms with E-state index < -0.39 is 16.9 Å². The summed E-state index contributed by atoms with van der Waals surface area (Å²) in [6.45, 7) is 0.515. The average Bonchev–Trinajstić information content (AvgIpc) is 3.12. The zero-order valence-electron chi connectivity index (χ0n) is 16.3. The number of halogens is 3. The van der Waals surface area contributed by atoms with Crippen molar-refractivity contribution in [2.45, 2.75) is 25.6 Å². The number of rotatable bonds is 5. The second-order valence-electron chi connectivity index (χ2n) is 6.96. The van der Waals surface area contributed by atoms with Crippen LogP contribution in [0.1, 0.15) is 25.0 Å². The van der Waals surface area contributed by atoms with E-state index in [9.17, 15) is 15.2 Å². The summed E-state index contributed by atoms with van der Waals surface area (Å²) >= 11 is 15.6. The highest BCUT2D eigenvalue weighted by Crippen LogP contribution is 2.45. The molecule has 1 fully saturated rings. The number of hydroxylamine groups is 1. The van der Waals surface area contributed by atoms with Gasteiger partial charge in [0.15, 0.2) is 17.9 Å². The normalized spacial score (nSPS) is 16.3. The Bertz CT molecular complexity index is 1210. The smallest absolute Gasteiger partial charge is 0.313 e. The number of fused-ring (bicyclic) bond motifs is 1. The van der Waals surface area contributed by atoms with Crippen molar-refractivity contribution in [3.8, 4) is 5.75 Å². The Kier molecular flexibility index (Phi) is 6.59. The number of aromatic hydroxyl groups is 1. The molecule has 0 amide bonds. The molecule has 4 rings (SSSR count). The molecule has 0 radical (unpaired) electrons. The van der Waals surface area contributed by atoms with Crippen LogP contribution in [0.4, 0.5) is 11.4 Å². The molecule has 1 unspecified atom stereocenters. The number of hydrogen-bond acceptors (Lipinski definition) is 7. The lowest BCUT2D eigenvalue weighted by Crippen LogP contribution is -2.37. The number of hydrogen-bond donors (Lipinski definition) is 2. The molecule has 0 aliphatic carbocycles. The van der Waals surface area contributed by atoms with E-state index in [2.05, 4.69) is 15.9 Å². The Morgan fingerprint density at radius 3 is 2.78 bits per heavy atom. The summed E-state index contributed by atoms with van der Waals surface area (Å²) in [4.78, 5) is 16.8. The molecule has 1 aliphatic heterocycles. The summed E-state index contributed by atoms with van der Waals surface area (Å²) in [5.74, 6) is -0.925. The molecule has 2 heterocycles. The lowest BCUT2D eigenvalue weighted by molar-refractivity contribution is -0.383. The number of amidine groups is 1. The summed E-state index contributed by atoms with van der Waals surface area (Å²) in [5.41, 5.74) is -0.287. The van der Waals surface area contributed by atoms with Gasteiger partial charge in [0.1, 0.15) is 10.8 Å². The first-order valence-corrected chi connectivity index (χ1v) is 11.0. The Hall–Kier alpha value is -2.37. The van der Waals surface area contributed by atoms with Gasteiger partial charge in [-0.05, 0) is 47.0 Å². The number of phenolic OH excluding ortho intramolecular Hbond substituents is 1. The first kappa shape index (κ1) is 22.8. The molecule has 3 aromatic rings. The summed E-state index contributed by atoms with van der Waals surface area (Å²) in [7, 11) is 0. The minimum Gasteiger partial charge on any atom is -0.506 e. The molecule has 2 N–H and O–H groups in total. The van der Waals surface area contributed by atoms with Crippen molar-refractivity contribution in [1.29, 1.82) is 5.41 Å². The van der Waals surface area contributed by atoms with Crippen molar-refractivity contribution in [3.05, 3.63) is 60.7 Å². The van der Waals surface area contributed by atoms with Crippen LogP contribution < -0.4 is 5.06 Å². The molecule has 1 aliphatic rings. The van der Waals surface area contributed by atoms with E-state index in [0.717, 1.165) is 24.0 Å². The van der Waals surface area contributed by atoms with Crippen LogP contribution in [0.5, 0.6) is 5.75 Å². The maximum atomic E-state index is 11.5. The largest absolute Gasteiger partial charge is 0.506 e. The Morgan fingerprint density at radius 1 is 1.34 bits per heavy atom. The molecule has 0 saturated carbocycles. The summed E-state index contributed by atoms with van der Waals surface area (Å²) < 4.78 is 11.3. The number of nitrogens with one attached hydrogen (secondary N) is 1. The number of ether oxygens (including phenoxy) is 1. The van der Waals surface area contributed by atoms with Crippen LogP contribution in [-0.4, -0.2) is 28.8 Å².